The highest BCUT2D eigenvalue weighted by molar-refractivity contribution is 7.91. The number of esters is 1. The zero-order valence-electron chi connectivity index (χ0n) is 18.5. The molecule has 0 bridgehead atoms. The number of carbonyl (C=O) groups is 2. The van der Waals surface area contributed by atoms with Gasteiger partial charge in [0.1, 0.15) is 11.3 Å². The minimum atomic E-state index is -3.13. The quantitative estimate of drug-likeness (QED) is 0.624. The summed E-state index contributed by atoms with van der Waals surface area (Å²) in [5.74, 6) is -1.13. The van der Waals surface area contributed by atoms with E-state index in [1.807, 2.05) is 40.7 Å². The van der Waals surface area contributed by atoms with Crippen LogP contribution in [0.3, 0.4) is 0 Å². The molecular formula is C22H33NO6S. The molecular weight excluding hydrogens is 406 g/mol. The van der Waals surface area contributed by atoms with Crippen LogP contribution in [0.4, 0.5) is 0 Å². The van der Waals surface area contributed by atoms with Crippen molar-refractivity contribution in [2.75, 3.05) is 24.7 Å². The van der Waals surface area contributed by atoms with Crippen LogP contribution in [0, 0.1) is 0 Å². The maximum atomic E-state index is 12.7. The van der Waals surface area contributed by atoms with E-state index < -0.39 is 28.3 Å². The molecule has 0 spiro atoms. The third kappa shape index (κ3) is 5.74. The van der Waals surface area contributed by atoms with Crippen molar-refractivity contribution >= 4 is 21.7 Å². The molecule has 0 saturated carbocycles. The van der Waals surface area contributed by atoms with Gasteiger partial charge >= 0.3 is 5.97 Å². The van der Waals surface area contributed by atoms with Crippen molar-refractivity contribution in [3.63, 3.8) is 0 Å². The molecule has 1 aliphatic rings. The first kappa shape index (κ1) is 24.2. The Morgan fingerprint density at radius 3 is 2.37 bits per heavy atom. The van der Waals surface area contributed by atoms with Gasteiger partial charge in [0.2, 0.25) is 0 Å². The number of carbonyl (C=O) groups excluding carboxylic acids is 2. The van der Waals surface area contributed by atoms with Crippen LogP contribution < -0.4 is 0 Å². The average Bonchev–Trinajstić information content (AvgIpc) is 3.02. The predicted octanol–water partition coefficient (Wildman–Crippen LogP) is 3.22. The summed E-state index contributed by atoms with van der Waals surface area (Å²) in [5, 5.41) is 10.6. The number of benzene rings is 1. The highest BCUT2D eigenvalue weighted by Crippen LogP contribution is 2.33. The van der Waals surface area contributed by atoms with Gasteiger partial charge in [-0.15, -0.1) is 0 Å². The molecule has 8 heteroatoms. The van der Waals surface area contributed by atoms with Gasteiger partial charge in [-0.25, -0.2) is 13.2 Å². The number of rotatable bonds is 8. The largest absolute Gasteiger partial charge is 0.507 e. The molecule has 0 aliphatic carbocycles. The molecule has 7 nitrogen and oxygen atoms in total. The topological polar surface area (TPSA) is 101 Å². The number of aromatic hydroxyl groups is 1. The van der Waals surface area contributed by atoms with Crippen molar-refractivity contribution in [2.45, 2.75) is 65.3 Å². The molecule has 1 aromatic carbocycles. The number of hydrogen-bond donors (Lipinski definition) is 1. The first-order chi connectivity index (χ1) is 14.0. The Morgan fingerprint density at radius 1 is 1.20 bits per heavy atom. The van der Waals surface area contributed by atoms with Gasteiger partial charge in [0, 0.05) is 12.6 Å². The van der Waals surface area contributed by atoms with Crippen LogP contribution in [0.1, 0.15) is 80.8 Å². The van der Waals surface area contributed by atoms with Crippen LogP contribution in [-0.4, -0.2) is 61.0 Å². The second-order valence-corrected chi connectivity index (χ2v) is 10.8. The zero-order valence-corrected chi connectivity index (χ0v) is 19.3. The standard InChI is InChI=1S/C22H33NO6S/c1-6-8-23(17-7-9-30(27,28)13-17)20(24)12-29-22(26)19-11-16(14(2)3)10-18(15(4)5)21(19)25/h10-11,14-15,17,25H,6-9,12-13H2,1-5H3. The van der Waals surface area contributed by atoms with Gasteiger partial charge in [0.15, 0.2) is 16.4 Å². The summed E-state index contributed by atoms with van der Waals surface area (Å²) < 4.78 is 28.8. The maximum absolute atomic E-state index is 12.7. The number of phenolic OH excluding ortho intramolecular Hbond substituents is 1. The fraction of sp³-hybridized carbons (Fsp3) is 0.636. The van der Waals surface area contributed by atoms with Crippen LogP contribution in [0.25, 0.3) is 0 Å². The van der Waals surface area contributed by atoms with E-state index >= 15 is 0 Å². The second-order valence-electron chi connectivity index (χ2n) is 8.54. The summed E-state index contributed by atoms with van der Waals surface area (Å²) >= 11 is 0. The van der Waals surface area contributed by atoms with E-state index in [1.165, 1.54) is 4.90 Å². The molecule has 1 aromatic rings. The van der Waals surface area contributed by atoms with E-state index in [0.29, 0.717) is 24.9 Å². The van der Waals surface area contributed by atoms with Gasteiger partial charge in [-0.3, -0.25) is 4.79 Å². The Bertz CT molecular complexity index is 891. The molecule has 1 atom stereocenters. The molecule has 1 amide bonds. The molecule has 0 aromatic heterocycles. The van der Waals surface area contributed by atoms with Gasteiger partial charge in [0.05, 0.1) is 11.5 Å². The summed E-state index contributed by atoms with van der Waals surface area (Å²) in [7, 11) is -3.13. The highest BCUT2D eigenvalue weighted by atomic mass is 32.2. The minimum Gasteiger partial charge on any atom is -0.507 e. The first-order valence-electron chi connectivity index (χ1n) is 10.5. The number of hydrogen-bond acceptors (Lipinski definition) is 6. The van der Waals surface area contributed by atoms with E-state index in [2.05, 4.69) is 0 Å². The second kappa shape index (κ2) is 9.81. The fourth-order valence-electron chi connectivity index (χ4n) is 3.67. The third-order valence-corrected chi connectivity index (χ3v) is 7.18. The van der Waals surface area contributed by atoms with E-state index in [-0.39, 0.29) is 40.7 Å². The Kier molecular flexibility index (Phi) is 7.91. The lowest BCUT2D eigenvalue weighted by Gasteiger charge is -2.27. The number of amides is 1. The molecule has 1 unspecified atom stereocenters. The molecule has 0 radical (unpaired) electrons. The van der Waals surface area contributed by atoms with Crippen molar-refractivity contribution in [2.24, 2.45) is 0 Å². The Morgan fingerprint density at radius 2 is 1.87 bits per heavy atom. The first-order valence-corrected chi connectivity index (χ1v) is 12.3. The molecule has 1 heterocycles. The molecule has 1 fully saturated rings. The van der Waals surface area contributed by atoms with Crippen LogP contribution in [0.5, 0.6) is 5.75 Å². The van der Waals surface area contributed by atoms with Gasteiger partial charge < -0.3 is 14.7 Å². The number of phenols is 1. The average molecular weight is 440 g/mol. The normalized spacial score (nSPS) is 18.0. The van der Waals surface area contributed by atoms with Crippen LogP contribution in [0.2, 0.25) is 0 Å². The number of sulfone groups is 1. The third-order valence-electron chi connectivity index (χ3n) is 5.43. The monoisotopic (exact) mass is 439 g/mol. The summed E-state index contributed by atoms with van der Waals surface area (Å²) in [6, 6.07) is 3.11. The van der Waals surface area contributed by atoms with Crippen molar-refractivity contribution in [3.8, 4) is 5.75 Å². The Labute approximate surface area is 179 Å². The van der Waals surface area contributed by atoms with E-state index in [9.17, 15) is 23.1 Å². The van der Waals surface area contributed by atoms with Crippen LogP contribution >= 0.6 is 0 Å². The van der Waals surface area contributed by atoms with Crippen molar-refractivity contribution < 1.29 is 27.9 Å². The summed E-state index contributed by atoms with van der Waals surface area (Å²) in [5.41, 5.74) is 1.60. The molecule has 1 saturated heterocycles. The molecule has 2 rings (SSSR count). The summed E-state index contributed by atoms with van der Waals surface area (Å²) in [6.45, 7) is 9.66. The molecule has 30 heavy (non-hydrogen) atoms. The molecule has 1 aliphatic heterocycles. The number of nitrogens with zero attached hydrogens (tertiary/aromatic N) is 1. The number of ether oxygens (including phenoxy) is 1. The lowest BCUT2D eigenvalue weighted by Crippen LogP contribution is -2.43. The zero-order chi connectivity index (χ0) is 22.6. The van der Waals surface area contributed by atoms with Gasteiger partial charge in [-0.1, -0.05) is 40.7 Å². The highest BCUT2D eigenvalue weighted by Gasteiger charge is 2.34. The van der Waals surface area contributed by atoms with Crippen LogP contribution in [0.15, 0.2) is 12.1 Å². The van der Waals surface area contributed by atoms with Gasteiger partial charge in [-0.2, -0.15) is 0 Å². The molecule has 168 valence electrons. The molecule has 1 N–H and O–H groups in total. The van der Waals surface area contributed by atoms with Crippen molar-refractivity contribution in [1.29, 1.82) is 0 Å². The van der Waals surface area contributed by atoms with Crippen molar-refractivity contribution in [3.05, 3.63) is 28.8 Å². The lowest BCUT2D eigenvalue weighted by atomic mass is 9.92. The van der Waals surface area contributed by atoms with Gasteiger partial charge in [0.25, 0.3) is 5.91 Å². The van der Waals surface area contributed by atoms with E-state index in [0.717, 1.165) is 5.56 Å². The van der Waals surface area contributed by atoms with Crippen molar-refractivity contribution in [1.82, 2.24) is 4.90 Å². The fourth-order valence-corrected chi connectivity index (χ4v) is 5.40. The maximum Gasteiger partial charge on any atom is 0.342 e. The minimum absolute atomic E-state index is 0.0150. The predicted molar refractivity (Wildman–Crippen MR) is 116 cm³/mol. The summed E-state index contributed by atoms with van der Waals surface area (Å²) in [4.78, 5) is 26.9. The van der Waals surface area contributed by atoms with Crippen LogP contribution in [-0.2, 0) is 19.4 Å². The SMILES string of the molecule is CCCN(C(=O)COC(=O)c1cc(C(C)C)cc(C(C)C)c1O)C1CCS(=O)(=O)C1. The van der Waals surface area contributed by atoms with E-state index in [1.54, 1.807) is 6.07 Å². The Balaban J connectivity index is 2.16. The lowest BCUT2D eigenvalue weighted by molar-refractivity contribution is -0.136. The van der Waals surface area contributed by atoms with E-state index in [4.69, 9.17) is 4.74 Å². The Hall–Kier alpha value is -2.09. The summed E-state index contributed by atoms with van der Waals surface area (Å²) in [6.07, 6.45) is 1.07. The smallest absolute Gasteiger partial charge is 0.342 e. The van der Waals surface area contributed by atoms with Gasteiger partial charge in [-0.05, 0) is 41.9 Å².